The molecule has 0 saturated carbocycles. The number of Topliss-reactive ketones (excluding diaryl/α,β-unsaturated/α-hetero) is 1. The molecule has 8 heteroatoms. The van der Waals surface area contributed by atoms with E-state index in [4.69, 9.17) is 0 Å². The van der Waals surface area contributed by atoms with Crippen molar-refractivity contribution in [2.24, 2.45) is 5.92 Å². The molecule has 3 heterocycles. The maximum atomic E-state index is 13.5. The molecule has 2 aliphatic rings. The smallest absolute Gasteiger partial charge is 0.325 e. The average molecular weight is 463 g/mol. The Bertz CT molecular complexity index is 1050. The van der Waals surface area contributed by atoms with E-state index in [0.29, 0.717) is 44.3 Å². The first-order valence-electron chi connectivity index (χ1n) is 11.9. The van der Waals surface area contributed by atoms with Crippen LogP contribution >= 0.6 is 0 Å². The van der Waals surface area contributed by atoms with Crippen molar-refractivity contribution in [3.8, 4) is 0 Å². The number of aromatic nitrogens is 1. The number of hydrogen-bond acceptors (Lipinski definition) is 5. The summed E-state index contributed by atoms with van der Waals surface area (Å²) in [6.07, 6.45) is 4.57. The van der Waals surface area contributed by atoms with Gasteiger partial charge in [-0.15, -0.1) is 0 Å². The monoisotopic (exact) mass is 462 g/mol. The Morgan fingerprint density at radius 1 is 1.06 bits per heavy atom. The molecule has 2 aromatic rings. The maximum absolute atomic E-state index is 13.5. The van der Waals surface area contributed by atoms with Crippen LogP contribution in [0, 0.1) is 5.92 Å². The molecule has 4 amide bonds. The van der Waals surface area contributed by atoms with Crippen LogP contribution in [0.2, 0.25) is 0 Å². The van der Waals surface area contributed by atoms with Crippen LogP contribution in [0.3, 0.4) is 0 Å². The van der Waals surface area contributed by atoms with E-state index in [1.807, 2.05) is 25.1 Å². The van der Waals surface area contributed by atoms with Crippen molar-refractivity contribution in [3.63, 3.8) is 0 Å². The number of rotatable bonds is 8. The lowest BCUT2D eigenvalue weighted by atomic mass is 9.74. The normalized spacial score (nSPS) is 21.0. The standard InChI is InChI=1S/C26H30N4O4/c1-2-14-26(24(33)30(25(34)28-26)18-13-21-10-6-7-15-27-21)20-11-16-29(17-12-20)23(32)22(31)19-8-4-3-5-9-19/h3-10,15,20H,2,11-14,16-18H2,1H3,(H,28,34). The molecular weight excluding hydrogens is 432 g/mol. The molecule has 34 heavy (non-hydrogen) atoms. The zero-order valence-electron chi connectivity index (χ0n) is 19.4. The van der Waals surface area contributed by atoms with Gasteiger partial charge < -0.3 is 10.2 Å². The minimum atomic E-state index is -0.964. The highest BCUT2D eigenvalue weighted by Gasteiger charge is 2.55. The third kappa shape index (κ3) is 4.58. The SMILES string of the molecule is CCCC1(C2CCN(C(=O)C(=O)c3ccccc3)CC2)NC(=O)N(CCc2ccccn2)C1=O. The van der Waals surface area contributed by atoms with E-state index in [2.05, 4.69) is 10.3 Å². The molecule has 0 radical (unpaired) electrons. The molecule has 1 unspecified atom stereocenters. The molecule has 2 saturated heterocycles. The number of nitrogens with one attached hydrogen (secondary N) is 1. The molecule has 2 fully saturated rings. The van der Waals surface area contributed by atoms with Gasteiger partial charge in [0.2, 0.25) is 5.78 Å². The molecule has 0 bridgehead atoms. The third-order valence-corrected chi connectivity index (χ3v) is 6.87. The number of carbonyl (C=O) groups is 4. The molecule has 1 atom stereocenters. The highest BCUT2D eigenvalue weighted by atomic mass is 16.2. The second-order valence-corrected chi connectivity index (χ2v) is 8.94. The molecule has 1 aromatic carbocycles. The molecular formula is C26H30N4O4. The number of benzene rings is 1. The number of nitrogens with zero attached hydrogens (tertiary/aromatic N) is 3. The van der Waals surface area contributed by atoms with Gasteiger partial charge in [-0.05, 0) is 37.3 Å². The predicted octanol–water partition coefficient (Wildman–Crippen LogP) is 2.84. The van der Waals surface area contributed by atoms with Crippen molar-refractivity contribution < 1.29 is 19.2 Å². The van der Waals surface area contributed by atoms with E-state index >= 15 is 0 Å². The molecule has 178 valence electrons. The van der Waals surface area contributed by atoms with Gasteiger partial charge in [-0.2, -0.15) is 0 Å². The predicted molar refractivity (Wildman–Crippen MR) is 126 cm³/mol. The van der Waals surface area contributed by atoms with E-state index < -0.39 is 17.2 Å². The summed E-state index contributed by atoms with van der Waals surface area (Å²) in [6, 6.07) is 13.7. The lowest BCUT2D eigenvalue weighted by Crippen LogP contribution is -2.57. The van der Waals surface area contributed by atoms with Gasteiger partial charge in [-0.25, -0.2) is 4.79 Å². The second kappa shape index (κ2) is 10.2. The number of urea groups is 1. The first kappa shape index (κ1) is 23.6. The zero-order chi connectivity index (χ0) is 24.1. The van der Waals surface area contributed by atoms with Gasteiger partial charge in [-0.1, -0.05) is 49.7 Å². The van der Waals surface area contributed by atoms with E-state index in [1.54, 1.807) is 41.4 Å². The lowest BCUT2D eigenvalue weighted by molar-refractivity contribution is -0.135. The van der Waals surface area contributed by atoms with Crippen LogP contribution in [0.25, 0.3) is 0 Å². The maximum Gasteiger partial charge on any atom is 0.325 e. The average Bonchev–Trinajstić information content (AvgIpc) is 3.12. The van der Waals surface area contributed by atoms with Gasteiger partial charge >= 0.3 is 6.03 Å². The second-order valence-electron chi connectivity index (χ2n) is 8.94. The van der Waals surface area contributed by atoms with E-state index in [9.17, 15) is 19.2 Å². The van der Waals surface area contributed by atoms with E-state index in [1.165, 1.54) is 4.90 Å². The number of hydrogen-bond donors (Lipinski definition) is 1. The third-order valence-electron chi connectivity index (χ3n) is 6.87. The quantitative estimate of drug-likeness (QED) is 0.369. The summed E-state index contributed by atoms with van der Waals surface area (Å²) in [4.78, 5) is 58.8. The number of imide groups is 1. The fraction of sp³-hybridized carbons (Fsp3) is 0.423. The van der Waals surface area contributed by atoms with E-state index in [-0.39, 0.29) is 24.4 Å². The molecule has 0 spiro atoms. The largest absolute Gasteiger partial charge is 0.336 e. The number of pyridine rings is 1. The van der Waals surface area contributed by atoms with Crippen LogP contribution in [0.4, 0.5) is 4.79 Å². The van der Waals surface area contributed by atoms with Gasteiger partial charge in [0.25, 0.3) is 11.8 Å². The molecule has 4 rings (SSSR count). The summed E-state index contributed by atoms with van der Waals surface area (Å²) in [7, 11) is 0. The van der Waals surface area contributed by atoms with Crippen molar-refractivity contribution in [2.75, 3.05) is 19.6 Å². The number of ketones is 1. The fourth-order valence-corrected chi connectivity index (χ4v) is 5.10. The number of piperidine rings is 1. The number of likely N-dealkylation sites (tertiary alicyclic amines) is 1. The summed E-state index contributed by atoms with van der Waals surface area (Å²) in [6.45, 7) is 3.03. The van der Waals surface area contributed by atoms with Crippen LogP contribution < -0.4 is 5.32 Å². The Balaban J connectivity index is 1.42. The summed E-state index contributed by atoms with van der Waals surface area (Å²) < 4.78 is 0. The molecule has 1 aromatic heterocycles. The van der Waals surface area contributed by atoms with Gasteiger partial charge in [0.15, 0.2) is 0 Å². The molecule has 0 aliphatic carbocycles. The first-order chi connectivity index (χ1) is 16.5. The summed E-state index contributed by atoms with van der Waals surface area (Å²) >= 11 is 0. The van der Waals surface area contributed by atoms with Crippen molar-refractivity contribution in [1.82, 2.24) is 20.1 Å². The topological polar surface area (TPSA) is 99.7 Å². The van der Waals surface area contributed by atoms with E-state index in [0.717, 1.165) is 12.1 Å². The number of amides is 4. The van der Waals surface area contributed by atoms with Crippen molar-refractivity contribution in [2.45, 2.75) is 44.6 Å². The number of carbonyl (C=O) groups excluding carboxylic acids is 4. The highest BCUT2D eigenvalue weighted by Crippen LogP contribution is 2.37. The summed E-state index contributed by atoms with van der Waals surface area (Å²) in [5, 5.41) is 3.01. The van der Waals surface area contributed by atoms with Crippen molar-refractivity contribution >= 4 is 23.6 Å². The van der Waals surface area contributed by atoms with Gasteiger partial charge in [0.05, 0.1) is 0 Å². The Hall–Kier alpha value is -3.55. The molecule has 1 N–H and O–H groups in total. The van der Waals surface area contributed by atoms with Crippen LogP contribution in [0.1, 0.15) is 48.7 Å². The highest BCUT2D eigenvalue weighted by molar-refractivity contribution is 6.42. The zero-order valence-corrected chi connectivity index (χ0v) is 19.4. The Labute approximate surface area is 199 Å². The molecule has 8 nitrogen and oxygen atoms in total. The van der Waals surface area contributed by atoms with Crippen LogP contribution in [0.15, 0.2) is 54.7 Å². The van der Waals surface area contributed by atoms with Gasteiger partial charge in [0, 0.05) is 43.5 Å². The summed E-state index contributed by atoms with van der Waals surface area (Å²) in [5.74, 6) is -1.33. The van der Waals surface area contributed by atoms with Crippen LogP contribution in [-0.2, 0) is 16.0 Å². The van der Waals surface area contributed by atoms with Gasteiger partial charge in [0.1, 0.15) is 5.54 Å². The van der Waals surface area contributed by atoms with Crippen molar-refractivity contribution in [1.29, 1.82) is 0 Å². The Morgan fingerprint density at radius 3 is 2.41 bits per heavy atom. The van der Waals surface area contributed by atoms with Gasteiger partial charge in [-0.3, -0.25) is 24.3 Å². The minimum Gasteiger partial charge on any atom is -0.336 e. The van der Waals surface area contributed by atoms with Crippen molar-refractivity contribution in [3.05, 3.63) is 66.0 Å². The summed E-state index contributed by atoms with van der Waals surface area (Å²) in [5.41, 5.74) is 0.235. The minimum absolute atomic E-state index is 0.0976. The molecule has 2 aliphatic heterocycles. The van der Waals surface area contributed by atoms with Crippen LogP contribution in [0.5, 0.6) is 0 Å². The first-order valence-corrected chi connectivity index (χ1v) is 11.9. The van der Waals surface area contributed by atoms with Crippen LogP contribution in [-0.4, -0.2) is 63.6 Å². The Kier molecular flexibility index (Phi) is 7.05. The Morgan fingerprint density at radius 2 is 1.76 bits per heavy atom. The fourth-order valence-electron chi connectivity index (χ4n) is 5.10. The lowest BCUT2D eigenvalue weighted by Gasteiger charge is -2.40.